The number of fused-ring (bicyclic) bond motifs is 11. The van der Waals surface area contributed by atoms with Gasteiger partial charge in [0.2, 0.25) is 0 Å². The van der Waals surface area contributed by atoms with Crippen LogP contribution in [0.25, 0.3) is 49.2 Å². The van der Waals surface area contributed by atoms with Gasteiger partial charge < -0.3 is 23.8 Å². The SMILES string of the molecule is CCOc1cccc2c1c(OCC)cc1c3c(ccc12)C(c1cccc2c1C=CN(C1CCCc4c1ccc1c4cc(OCC)c4c(OCC)cccc41)C2)CCC3. The molecule has 7 aromatic rings. The third-order valence-electron chi connectivity index (χ3n) is 13.0. The number of benzene rings is 7. The Morgan fingerprint density at radius 2 is 1.07 bits per heavy atom. The molecule has 3 aliphatic rings. The first-order valence-corrected chi connectivity index (χ1v) is 21.7. The smallest absolute Gasteiger partial charge is 0.131 e. The Morgan fingerprint density at radius 3 is 1.69 bits per heavy atom. The Kier molecular flexibility index (Phi) is 9.63. The highest BCUT2D eigenvalue weighted by Crippen LogP contribution is 2.49. The summed E-state index contributed by atoms with van der Waals surface area (Å²) in [6, 6.07) is 34.3. The van der Waals surface area contributed by atoms with E-state index in [-0.39, 0.29) is 0 Å². The van der Waals surface area contributed by atoms with Crippen molar-refractivity contribution in [2.24, 2.45) is 0 Å². The van der Waals surface area contributed by atoms with Gasteiger partial charge in [-0.25, -0.2) is 0 Å². The molecule has 7 aromatic carbocycles. The van der Waals surface area contributed by atoms with E-state index in [9.17, 15) is 0 Å². The van der Waals surface area contributed by atoms with Crippen molar-refractivity contribution in [2.45, 2.75) is 84.7 Å². The lowest BCUT2D eigenvalue weighted by atomic mass is 9.75. The van der Waals surface area contributed by atoms with Gasteiger partial charge in [0.1, 0.15) is 23.0 Å². The van der Waals surface area contributed by atoms with Gasteiger partial charge in [0.05, 0.1) is 43.2 Å². The number of nitrogens with zero attached hydrogens (tertiary/aromatic N) is 1. The Morgan fingerprint density at radius 1 is 0.517 bits per heavy atom. The van der Waals surface area contributed by atoms with Crippen molar-refractivity contribution < 1.29 is 18.9 Å². The van der Waals surface area contributed by atoms with Crippen LogP contribution in [0.2, 0.25) is 0 Å². The zero-order valence-electron chi connectivity index (χ0n) is 34.3. The van der Waals surface area contributed by atoms with Crippen molar-refractivity contribution in [3.8, 4) is 23.0 Å². The lowest BCUT2D eigenvalue weighted by molar-refractivity contribution is 0.244. The van der Waals surface area contributed by atoms with Crippen molar-refractivity contribution in [3.05, 3.63) is 136 Å². The van der Waals surface area contributed by atoms with Gasteiger partial charge >= 0.3 is 0 Å². The van der Waals surface area contributed by atoms with E-state index < -0.39 is 0 Å². The second-order valence-corrected chi connectivity index (χ2v) is 16.1. The second-order valence-electron chi connectivity index (χ2n) is 16.1. The van der Waals surface area contributed by atoms with Gasteiger partial charge in [-0.3, -0.25) is 0 Å². The van der Waals surface area contributed by atoms with E-state index in [4.69, 9.17) is 18.9 Å². The molecular formula is C53H53NO4. The number of hydrogen-bond donors (Lipinski definition) is 0. The van der Waals surface area contributed by atoms with Crippen LogP contribution in [0.3, 0.4) is 0 Å². The molecule has 1 aliphatic heterocycles. The van der Waals surface area contributed by atoms with Gasteiger partial charge in [-0.2, -0.15) is 0 Å². The molecule has 10 rings (SSSR count). The van der Waals surface area contributed by atoms with E-state index in [0.29, 0.717) is 38.4 Å². The maximum atomic E-state index is 6.33. The van der Waals surface area contributed by atoms with Crippen molar-refractivity contribution in [1.29, 1.82) is 0 Å². The molecule has 0 radical (unpaired) electrons. The zero-order chi connectivity index (χ0) is 39.3. The molecule has 294 valence electrons. The summed E-state index contributed by atoms with van der Waals surface area (Å²) in [7, 11) is 0. The lowest BCUT2D eigenvalue weighted by Gasteiger charge is -2.38. The first kappa shape index (κ1) is 36.6. The summed E-state index contributed by atoms with van der Waals surface area (Å²) in [4.78, 5) is 2.60. The molecule has 1 heterocycles. The van der Waals surface area contributed by atoms with E-state index in [1.807, 2.05) is 13.8 Å². The van der Waals surface area contributed by atoms with Crippen LogP contribution in [0.4, 0.5) is 0 Å². The number of hydrogen-bond acceptors (Lipinski definition) is 5. The van der Waals surface area contributed by atoms with Crippen LogP contribution in [-0.4, -0.2) is 31.3 Å². The lowest BCUT2D eigenvalue weighted by Crippen LogP contribution is -2.29. The van der Waals surface area contributed by atoms with Crippen LogP contribution in [0.5, 0.6) is 23.0 Å². The highest BCUT2D eigenvalue weighted by atomic mass is 16.5. The van der Waals surface area contributed by atoms with Crippen LogP contribution in [-0.2, 0) is 19.4 Å². The summed E-state index contributed by atoms with van der Waals surface area (Å²) in [5, 5.41) is 9.75. The molecule has 5 heteroatoms. The first-order valence-electron chi connectivity index (χ1n) is 21.7. The Labute approximate surface area is 342 Å². The number of rotatable bonds is 10. The van der Waals surface area contributed by atoms with Crippen LogP contribution in [0, 0.1) is 0 Å². The second kappa shape index (κ2) is 15.2. The highest BCUT2D eigenvalue weighted by Gasteiger charge is 2.31. The Hall–Kier alpha value is -5.68. The molecule has 0 saturated heterocycles. The summed E-state index contributed by atoms with van der Waals surface area (Å²) < 4.78 is 24.9. The predicted molar refractivity (Wildman–Crippen MR) is 239 cm³/mol. The van der Waals surface area contributed by atoms with Crippen LogP contribution < -0.4 is 18.9 Å². The number of aryl methyl sites for hydroxylation is 2. The molecule has 2 atom stereocenters. The van der Waals surface area contributed by atoms with Crippen LogP contribution in [0.1, 0.15) is 104 Å². The summed E-state index contributed by atoms with van der Waals surface area (Å²) >= 11 is 0. The van der Waals surface area contributed by atoms with Crippen LogP contribution in [0.15, 0.2) is 97.2 Å². The van der Waals surface area contributed by atoms with Crippen LogP contribution >= 0.6 is 0 Å². The maximum absolute atomic E-state index is 6.33. The van der Waals surface area contributed by atoms with Crippen molar-refractivity contribution >= 4 is 49.2 Å². The molecule has 0 N–H and O–H groups in total. The largest absolute Gasteiger partial charge is 0.493 e. The van der Waals surface area contributed by atoms with Crippen molar-refractivity contribution in [2.75, 3.05) is 26.4 Å². The fraction of sp³-hybridized carbons (Fsp3) is 0.321. The monoisotopic (exact) mass is 767 g/mol. The van der Waals surface area contributed by atoms with E-state index >= 15 is 0 Å². The fourth-order valence-corrected chi connectivity index (χ4v) is 10.7. The molecule has 0 saturated carbocycles. The standard InChI is InChI=1S/C53H53NO4/c1-5-55-48-22-12-19-43-40-25-24-39-36(16-10-17-37(39)45(40)30-50(52(43)48)57-7-3)35-15-9-14-33-32-54(29-28-34(33)35)47-21-11-18-38-42(47)27-26-41-44-20-13-23-49(56-6-2)53(44)51(58-8-4)31-46(38)41/h9,12-15,19-20,22-31,36,47H,5-8,10-11,16-18,21,32H2,1-4H3. The maximum Gasteiger partial charge on any atom is 0.131 e. The average Bonchev–Trinajstić information content (AvgIpc) is 3.26. The van der Waals surface area contributed by atoms with Crippen molar-refractivity contribution in [3.63, 3.8) is 0 Å². The van der Waals surface area contributed by atoms with Gasteiger partial charge in [0.25, 0.3) is 0 Å². The molecule has 58 heavy (non-hydrogen) atoms. The molecule has 5 nitrogen and oxygen atoms in total. The molecule has 2 aliphatic carbocycles. The highest BCUT2D eigenvalue weighted by molar-refractivity contribution is 6.14. The van der Waals surface area contributed by atoms with Gasteiger partial charge in [0.15, 0.2) is 0 Å². The summed E-state index contributed by atoms with van der Waals surface area (Å²) in [5.41, 5.74) is 10.1. The Balaban J connectivity index is 1.01. The molecule has 0 amide bonds. The molecule has 0 bridgehead atoms. The van der Waals surface area contributed by atoms with E-state index in [1.165, 1.54) is 71.3 Å². The van der Waals surface area contributed by atoms with E-state index in [2.05, 4.69) is 122 Å². The van der Waals surface area contributed by atoms with Gasteiger partial charge in [-0.05, 0) is 168 Å². The molecule has 2 unspecified atom stereocenters. The minimum atomic E-state index is 0.321. The zero-order valence-corrected chi connectivity index (χ0v) is 34.3. The molecular weight excluding hydrogens is 715 g/mol. The summed E-state index contributed by atoms with van der Waals surface area (Å²) in [6.45, 7) is 11.6. The Bertz CT molecular complexity index is 2750. The minimum Gasteiger partial charge on any atom is -0.493 e. The first-order chi connectivity index (χ1) is 28.6. The average molecular weight is 768 g/mol. The van der Waals surface area contributed by atoms with Crippen molar-refractivity contribution in [1.82, 2.24) is 4.90 Å². The summed E-state index contributed by atoms with van der Waals surface area (Å²) in [6.07, 6.45) is 11.6. The number of ether oxygens (including phenoxy) is 4. The fourth-order valence-electron chi connectivity index (χ4n) is 10.7. The normalized spacial score (nSPS) is 17.3. The molecule has 0 fully saturated rings. The third-order valence-corrected chi connectivity index (χ3v) is 13.0. The molecule has 0 aromatic heterocycles. The van der Waals surface area contributed by atoms with E-state index in [0.717, 1.165) is 78.8 Å². The minimum absolute atomic E-state index is 0.321. The van der Waals surface area contributed by atoms with Gasteiger partial charge in [0, 0.05) is 18.7 Å². The van der Waals surface area contributed by atoms with Gasteiger partial charge in [-0.1, -0.05) is 66.7 Å². The quantitative estimate of drug-likeness (QED) is 0.130. The van der Waals surface area contributed by atoms with Gasteiger partial charge in [-0.15, -0.1) is 0 Å². The van der Waals surface area contributed by atoms with E-state index in [1.54, 1.807) is 0 Å². The molecule has 0 spiro atoms. The third kappa shape index (κ3) is 5.96. The predicted octanol–water partition coefficient (Wildman–Crippen LogP) is 13.2. The summed E-state index contributed by atoms with van der Waals surface area (Å²) in [5.74, 6) is 3.97. The topological polar surface area (TPSA) is 40.2 Å².